The third-order valence-corrected chi connectivity index (χ3v) is 4.09. The van der Waals surface area contributed by atoms with E-state index < -0.39 is 11.5 Å². The number of ether oxygens (including phenoxy) is 1. The SMILES string of the molecule is O=C(NC[C@H]1OCCc2ccccc21)c1cnc2nc[nH]n2c1=O. The number of hydrogen-bond acceptors (Lipinski definition) is 5. The third kappa shape index (κ3) is 2.46. The zero-order chi connectivity index (χ0) is 16.5. The molecule has 0 saturated heterocycles. The highest BCUT2D eigenvalue weighted by atomic mass is 16.5. The fraction of sp³-hybridized carbons (Fsp3) is 0.250. The van der Waals surface area contributed by atoms with E-state index in [0.29, 0.717) is 13.2 Å². The van der Waals surface area contributed by atoms with E-state index in [1.807, 2.05) is 18.2 Å². The number of fused-ring (bicyclic) bond motifs is 2. The minimum Gasteiger partial charge on any atom is -0.371 e. The molecule has 1 aliphatic heterocycles. The van der Waals surface area contributed by atoms with Crippen LogP contribution < -0.4 is 10.9 Å². The topological polar surface area (TPSA) is 101 Å². The van der Waals surface area contributed by atoms with Crippen LogP contribution in [0.5, 0.6) is 0 Å². The van der Waals surface area contributed by atoms with Gasteiger partial charge in [0.1, 0.15) is 18.0 Å². The average Bonchev–Trinajstić information content (AvgIpc) is 3.09. The predicted octanol–water partition coefficient (Wildman–Crippen LogP) is 0.461. The van der Waals surface area contributed by atoms with Crippen LogP contribution >= 0.6 is 0 Å². The lowest BCUT2D eigenvalue weighted by Gasteiger charge is -2.26. The second-order valence-electron chi connectivity index (χ2n) is 5.52. The Labute approximate surface area is 136 Å². The van der Waals surface area contributed by atoms with Crippen LogP contribution in [0.4, 0.5) is 0 Å². The molecule has 1 aliphatic rings. The number of rotatable bonds is 3. The Kier molecular flexibility index (Phi) is 3.58. The summed E-state index contributed by atoms with van der Waals surface area (Å²) in [6, 6.07) is 8.00. The Balaban J connectivity index is 1.53. The van der Waals surface area contributed by atoms with Crippen molar-refractivity contribution >= 4 is 11.7 Å². The molecule has 0 bridgehead atoms. The fourth-order valence-electron chi connectivity index (χ4n) is 2.88. The van der Waals surface area contributed by atoms with Gasteiger partial charge in [-0.15, -0.1) is 0 Å². The maximum Gasteiger partial charge on any atom is 0.286 e. The molecule has 0 fully saturated rings. The van der Waals surface area contributed by atoms with Gasteiger partial charge in [0.05, 0.1) is 6.61 Å². The maximum absolute atomic E-state index is 12.3. The number of nitrogens with zero attached hydrogens (tertiary/aromatic N) is 3. The zero-order valence-electron chi connectivity index (χ0n) is 12.7. The molecule has 4 rings (SSSR count). The highest BCUT2D eigenvalue weighted by molar-refractivity contribution is 5.93. The molecule has 1 amide bonds. The first kappa shape index (κ1) is 14.6. The first-order valence-corrected chi connectivity index (χ1v) is 7.63. The number of carbonyl (C=O) groups is 1. The largest absolute Gasteiger partial charge is 0.371 e. The highest BCUT2D eigenvalue weighted by Crippen LogP contribution is 2.26. The van der Waals surface area contributed by atoms with Crippen LogP contribution in [-0.2, 0) is 11.2 Å². The summed E-state index contributed by atoms with van der Waals surface area (Å²) in [4.78, 5) is 32.4. The number of hydrogen-bond donors (Lipinski definition) is 2. The van der Waals surface area contributed by atoms with Crippen LogP contribution in [0.2, 0.25) is 0 Å². The lowest BCUT2D eigenvalue weighted by molar-refractivity contribution is 0.0411. The second kappa shape index (κ2) is 5.89. The summed E-state index contributed by atoms with van der Waals surface area (Å²) in [5.41, 5.74) is 1.77. The maximum atomic E-state index is 12.3. The van der Waals surface area contributed by atoms with E-state index in [4.69, 9.17) is 4.74 Å². The fourth-order valence-corrected chi connectivity index (χ4v) is 2.88. The van der Waals surface area contributed by atoms with Gasteiger partial charge in [-0.1, -0.05) is 24.3 Å². The summed E-state index contributed by atoms with van der Waals surface area (Å²) >= 11 is 0. The van der Waals surface area contributed by atoms with Crippen molar-refractivity contribution in [3.8, 4) is 0 Å². The minimum atomic E-state index is -0.486. The first-order valence-electron chi connectivity index (χ1n) is 7.63. The standard InChI is InChI=1S/C16H15N5O3/c22-14(12-7-18-16-19-9-20-21(16)15(12)23)17-8-13-11-4-2-1-3-10(11)5-6-24-13/h1-4,7,9,13H,5-6,8H2,(H,17,22)(H,18,19,20)/t13-/m1/s1. The van der Waals surface area contributed by atoms with E-state index >= 15 is 0 Å². The number of benzene rings is 1. The molecular formula is C16H15N5O3. The van der Waals surface area contributed by atoms with Gasteiger partial charge in [-0.05, 0) is 17.5 Å². The molecule has 2 aromatic heterocycles. The van der Waals surface area contributed by atoms with E-state index in [1.165, 1.54) is 18.1 Å². The third-order valence-electron chi connectivity index (χ3n) is 4.09. The van der Waals surface area contributed by atoms with E-state index in [9.17, 15) is 9.59 Å². The molecule has 8 heteroatoms. The van der Waals surface area contributed by atoms with Crippen molar-refractivity contribution in [2.45, 2.75) is 12.5 Å². The molecule has 122 valence electrons. The number of carbonyl (C=O) groups excluding carboxylic acids is 1. The molecule has 3 aromatic rings. The Morgan fingerprint density at radius 2 is 2.25 bits per heavy atom. The molecular weight excluding hydrogens is 310 g/mol. The molecule has 1 aromatic carbocycles. The van der Waals surface area contributed by atoms with Gasteiger partial charge < -0.3 is 10.1 Å². The normalized spacial score (nSPS) is 16.8. The Morgan fingerprint density at radius 1 is 1.38 bits per heavy atom. The number of amides is 1. The Bertz CT molecular complexity index is 962. The van der Waals surface area contributed by atoms with Gasteiger partial charge in [0, 0.05) is 12.7 Å². The summed E-state index contributed by atoms with van der Waals surface area (Å²) in [5, 5.41) is 5.38. The molecule has 0 unspecified atom stereocenters. The summed E-state index contributed by atoms with van der Waals surface area (Å²) in [6.45, 7) is 0.906. The Hall–Kier alpha value is -3.00. The number of aromatic nitrogens is 4. The molecule has 0 radical (unpaired) electrons. The lowest BCUT2D eigenvalue weighted by atomic mass is 9.97. The summed E-state index contributed by atoms with van der Waals surface area (Å²) in [6.07, 6.45) is 3.23. The van der Waals surface area contributed by atoms with Crippen molar-refractivity contribution in [2.24, 2.45) is 0 Å². The summed E-state index contributed by atoms with van der Waals surface area (Å²) in [5.74, 6) is -0.260. The van der Waals surface area contributed by atoms with Crippen LogP contribution in [0.25, 0.3) is 5.78 Å². The molecule has 8 nitrogen and oxygen atoms in total. The quantitative estimate of drug-likeness (QED) is 0.728. The van der Waals surface area contributed by atoms with Crippen molar-refractivity contribution < 1.29 is 9.53 Å². The van der Waals surface area contributed by atoms with E-state index in [1.54, 1.807) is 0 Å². The van der Waals surface area contributed by atoms with Crippen LogP contribution in [-0.4, -0.2) is 38.6 Å². The van der Waals surface area contributed by atoms with Gasteiger partial charge in [-0.25, -0.2) is 9.97 Å². The molecule has 0 aliphatic carbocycles. The van der Waals surface area contributed by atoms with Crippen molar-refractivity contribution in [1.29, 1.82) is 0 Å². The number of nitrogens with one attached hydrogen (secondary N) is 2. The molecule has 24 heavy (non-hydrogen) atoms. The van der Waals surface area contributed by atoms with Crippen molar-refractivity contribution in [2.75, 3.05) is 13.2 Å². The van der Waals surface area contributed by atoms with Crippen molar-refractivity contribution in [3.63, 3.8) is 0 Å². The summed E-state index contributed by atoms with van der Waals surface area (Å²) in [7, 11) is 0. The molecule has 0 saturated carbocycles. The van der Waals surface area contributed by atoms with E-state index in [2.05, 4.69) is 26.4 Å². The zero-order valence-corrected chi connectivity index (χ0v) is 12.7. The predicted molar refractivity (Wildman–Crippen MR) is 84.8 cm³/mol. The molecule has 3 heterocycles. The van der Waals surface area contributed by atoms with Gasteiger partial charge in [0.2, 0.25) is 0 Å². The van der Waals surface area contributed by atoms with Crippen LogP contribution in [0.15, 0.2) is 41.6 Å². The second-order valence-corrected chi connectivity index (χ2v) is 5.52. The van der Waals surface area contributed by atoms with Gasteiger partial charge in [-0.3, -0.25) is 14.7 Å². The number of aromatic amines is 1. The average molecular weight is 325 g/mol. The van der Waals surface area contributed by atoms with Crippen LogP contribution in [0.1, 0.15) is 27.6 Å². The molecule has 2 N–H and O–H groups in total. The van der Waals surface area contributed by atoms with Gasteiger partial charge in [-0.2, -0.15) is 4.52 Å². The summed E-state index contributed by atoms with van der Waals surface area (Å²) < 4.78 is 6.88. The van der Waals surface area contributed by atoms with Crippen molar-refractivity contribution in [3.05, 3.63) is 63.8 Å². The monoisotopic (exact) mass is 325 g/mol. The molecule has 0 spiro atoms. The first-order chi connectivity index (χ1) is 11.7. The van der Waals surface area contributed by atoms with Crippen molar-refractivity contribution in [1.82, 2.24) is 24.9 Å². The molecule has 1 atom stereocenters. The smallest absolute Gasteiger partial charge is 0.286 e. The number of H-pyrrole nitrogens is 1. The van der Waals surface area contributed by atoms with E-state index in [-0.39, 0.29) is 17.4 Å². The lowest BCUT2D eigenvalue weighted by Crippen LogP contribution is -2.35. The minimum absolute atomic E-state index is 0.0409. The van der Waals surface area contributed by atoms with Gasteiger partial charge in [0.25, 0.3) is 17.2 Å². The van der Waals surface area contributed by atoms with Crippen LogP contribution in [0, 0.1) is 0 Å². The van der Waals surface area contributed by atoms with E-state index in [0.717, 1.165) is 16.5 Å². The van der Waals surface area contributed by atoms with Crippen LogP contribution in [0.3, 0.4) is 0 Å². The highest BCUT2D eigenvalue weighted by Gasteiger charge is 2.22. The van der Waals surface area contributed by atoms with Gasteiger partial charge >= 0.3 is 0 Å². The van der Waals surface area contributed by atoms with Gasteiger partial charge in [0.15, 0.2) is 0 Å². The Morgan fingerprint density at radius 3 is 3.17 bits per heavy atom.